The van der Waals surface area contributed by atoms with Crippen molar-refractivity contribution >= 4 is 57.5 Å². The van der Waals surface area contributed by atoms with Gasteiger partial charge < -0.3 is 4.74 Å². The Balaban J connectivity index is 1.86. The van der Waals surface area contributed by atoms with Crippen LogP contribution < -0.4 is 10.3 Å². The summed E-state index contributed by atoms with van der Waals surface area (Å²) in [7, 11) is 0. The number of nitrogens with zero attached hydrogens (tertiary/aromatic N) is 3. The molecule has 6 nitrogen and oxygen atoms in total. The fourth-order valence-electron chi connectivity index (χ4n) is 2.95. The van der Waals surface area contributed by atoms with Crippen molar-refractivity contribution in [2.24, 2.45) is 0 Å². The van der Waals surface area contributed by atoms with Gasteiger partial charge in [0.2, 0.25) is 5.88 Å². The molecule has 30 heavy (non-hydrogen) atoms. The van der Waals surface area contributed by atoms with E-state index in [1.54, 1.807) is 48.7 Å². The summed E-state index contributed by atoms with van der Waals surface area (Å²) in [6, 6.07) is 11.9. The SMILES string of the molecule is CC(C)N1C(=O)/C(=C/c2c(Oc3ccc(Cl)cc3)nc3ccccn3c2=O)SC1=S. The van der Waals surface area contributed by atoms with Crippen LogP contribution in [0.2, 0.25) is 5.02 Å². The first-order valence-electron chi connectivity index (χ1n) is 9.07. The van der Waals surface area contributed by atoms with Crippen molar-refractivity contribution in [2.75, 3.05) is 0 Å². The van der Waals surface area contributed by atoms with Crippen LogP contribution in [0.3, 0.4) is 0 Å². The normalized spacial score (nSPS) is 15.6. The molecule has 1 saturated heterocycles. The molecule has 0 spiro atoms. The fraction of sp³-hybridized carbons (Fsp3) is 0.143. The molecule has 1 aliphatic rings. The molecule has 152 valence electrons. The highest BCUT2D eigenvalue weighted by Crippen LogP contribution is 2.35. The van der Waals surface area contributed by atoms with E-state index in [4.69, 9.17) is 28.6 Å². The monoisotopic (exact) mass is 457 g/mol. The van der Waals surface area contributed by atoms with Gasteiger partial charge in [-0.1, -0.05) is 41.6 Å². The van der Waals surface area contributed by atoms with Crippen LogP contribution >= 0.6 is 35.6 Å². The van der Waals surface area contributed by atoms with Crippen LogP contribution in [0.4, 0.5) is 0 Å². The minimum absolute atomic E-state index is 0.0796. The number of thioether (sulfide) groups is 1. The third-order valence-electron chi connectivity index (χ3n) is 4.38. The molecule has 4 rings (SSSR count). The van der Waals surface area contributed by atoms with Gasteiger partial charge in [-0.05, 0) is 56.3 Å². The smallest absolute Gasteiger partial charge is 0.269 e. The van der Waals surface area contributed by atoms with Crippen molar-refractivity contribution in [1.29, 1.82) is 0 Å². The Hall–Kier alpha value is -2.68. The molecule has 1 aliphatic heterocycles. The van der Waals surface area contributed by atoms with E-state index < -0.39 is 0 Å². The highest BCUT2D eigenvalue weighted by Gasteiger charge is 2.34. The lowest BCUT2D eigenvalue weighted by molar-refractivity contribution is -0.123. The zero-order chi connectivity index (χ0) is 21.4. The van der Waals surface area contributed by atoms with Crippen LogP contribution in [0.1, 0.15) is 19.4 Å². The van der Waals surface area contributed by atoms with Gasteiger partial charge in [0.1, 0.15) is 21.3 Å². The lowest BCUT2D eigenvalue weighted by Crippen LogP contribution is -2.34. The van der Waals surface area contributed by atoms with Crippen molar-refractivity contribution in [2.45, 2.75) is 19.9 Å². The molecule has 1 amide bonds. The van der Waals surface area contributed by atoms with Crippen LogP contribution in [-0.4, -0.2) is 30.6 Å². The van der Waals surface area contributed by atoms with Gasteiger partial charge in [-0.25, -0.2) is 0 Å². The number of carbonyl (C=O) groups is 1. The number of rotatable bonds is 4. The van der Waals surface area contributed by atoms with Gasteiger partial charge in [-0.2, -0.15) is 4.98 Å². The van der Waals surface area contributed by atoms with E-state index in [9.17, 15) is 9.59 Å². The number of hydrogen-bond acceptors (Lipinski definition) is 6. The molecular formula is C21H16ClN3O3S2. The Morgan fingerprint density at radius 3 is 2.57 bits per heavy atom. The van der Waals surface area contributed by atoms with Gasteiger partial charge in [-0.15, -0.1) is 0 Å². The van der Waals surface area contributed by atoms with Crippen molar-refractivity contribution in [3.05, 3.63) is 74.5 Å². The van der Waals surface area contributed by atoms with E-state index in [-0.39, 0.29) is 29.0 Å². The molecule has 1 aromatic carbocycles. The Labute approximate surface area is 187 Å². The number of aromatic nitrogens is 2. The Morgan fingerprint density at radius 2 is 1.90 bits per heavy atom. The summed E-state index contributed by atoms with van der Waals surface area (Å²) in [5.41, 5.74) is 0.246. The van der Waals surface area contributed by atoms with Gasteiger partial charge in [-0.3, -0.25) is 18.9 Å². The lowest BCUT2D eigenvalue weighted by Gasteiger charge is -2.18. The number of amides is 1. The molecule has 0 bridgehead atoms. The van der Waals surface area contributed by atoms with Crippen molar-refractivity contribution in [3.63, 3.8) is 0 Å². The molecular weight excluding hydrogens is 442 g/mol. The van der Waals surface area contributed by atoms with Crippen LogP contribution in [0, 0.1) is 0 Å². The van der Waals surface area contributed by atoms with E-state index in [1.807, 2.05) is 13.8 Å². The number of thiocarbonyl (C=S) groups is 1. The maximum Gasteiger partial charge on any atom is 0.269 e. The number of carbonyl (C=O) groups excluding carboxylic acids is 1. The molecule has 0 unspecified atom stereocenters. The van der Waals surface area contributed by atoms with Crippen molar-refractivity contribution in [3.8, 4) is 11.6 Å². The molecule has 0 radical (unpaired) electrons. The molecule has 0 atom stereocenters. The number of hydrogen-bond donors (Lipinski definition) is 0. The Bertz CT molecular complexity index is 1250. The summed E-state index contributed by atoms with van der Waals surface area (Å²) in [4.78, 5) is 32.4. The lowest BCUT2D eigenvalue weighted by atomic mass is 10.2. The van der Waals surface area contributed by atoms with Gasteiger partial charge in [0.25, 0.3) is 11.5 Å². The van der Waals surface area contributed by atoms with Crippen LogP contribution in [0.5, 0.6) is 11.6 Å². The summed E-state index contributed by atoms with van der Waals surface area (Å²) in [5.74, 6) is 0.328. The Morgan fingerprint density at radius 1 is 1.17 bits per heavy atom. The standard InChI is InChI=1S/C21H16ClN3O3S2/c1-12(2)25-20(27)16(30-21(25)29)11-15-18(28-14-8-6-13(22)7-9-14)23-17-5-3-4-10-24(17)19(15)26/h3-12H,1-2H3/b16-11-. The number of benzene rings is 1. The van der Waals surface area contributed by atoms with E-state index in [1.165, 1.54) is 15.4 Å². The van der Waals surface area contributed by atoms with E-state index in [0.29, 0.717) is 25.6 Å². The highest BCUT2D eigenvalue weighted by atomic mass is 35.5. The average Bonchev–Trinajstić information content (AvgIpc) is 3.00. The first-order valence-corrected chi connectivity index (χ1v) is 10.7. The molecule has 0 saturated carbocycles. The molecule has 2 aromatic heterocycles. The maximum atomic E-state index is 13.2. The van der Waals surface area contributed by atoms with Crippen molar-refractivity contribution < 1.29 is 9.53 Å². The Kier molecular flexibility index (Phi) is 5.64. The first-order chi connectivity index (χ1) is 14.3. The van der Waals surface area contributed by atoms with E-state index in [0.717, 1.165) is 11.8 Å². The van der Waals surface area contributed by atoms with E-state index >= 15 is 0 Å². The number of pyridine rings is 1. The maximum absolute atomic E-state index is 13.2. The van der Waals surface area contributed by atoms with Gasteiger partial charge in [0, 0.05) is 17.3 Å². The fourth-order valence-corrected chi connectivity index (χ4v) is 4.59. The number of ether oxygens (including phenoxy) is 1. The second-order valence-corrected chi connectivity index (χ2v) is 8.88. The van der Waals surface area contributed by atoms with Crippen LogP contribution in [-0.2, 0) is 4.79 Å². The zero-order valence-corrected chi connectivity index (χ0v) is 18.4. The zero-order valence-electron chi connectivity index (χ0n) is 16.0. The number of halogens is 1. The first kappa shape index (κ1) is 20.6. The minimum Gasteiger partial charge on any atom is -0.438 e. The minimum atomic E-state index is -0.348. The van der Waals surface area contributed by atoms with Crippen LogP contribution in [0.15, 0.2) is 58.4 Å². The molecule has 9 heteroatoms. The summed E-state index contributed by atoms with van der Waals surface area (Å²) >= 11 is 12.4. The average molecular weight is 458 g/mol. The number of fused-ring (bicyclic) bond motifs is 1. The third-order valence-corrected chi connectivity index (χ3v) is 5.96. The van der Waals surface area contributed by atoms with E-state index in [2.05, 4.69) is 4.98 Å². The predicted molar refractivity (Wildman–Crippen MR) is 123 cm³/mol. The summed E-state index contributed by atoms with van der Waals surface area (Å²) in [5, 5.41) is 0.562. The molecule has 0 N–H and O–H groups in total. The van der Waals surface area contributed by atoms with Crippen molar-refractivity contribution in [1.82, 2.24) is 14.3 Å². The summed E-state index contributed by atoms with van der Waals surface area (Å²) in [6.45, 7) is 3.77. The quantitative estimate of drug-likeness (QED) is 0.416. The molecule has 0 aliphatic carbocycles. The second-order valence-electron chi connectivity index (χ2n) is 6.77. The second kappa shape index (κ2) is 8.22. The van der Waals surface area contributed by atoms with Gasteiger partial charge >= 0.3 is 0 Å². The largest absolute Gasteiger partial charge is 0.438 e. The highest BCUT2D eigenvalue weighted by molar-refractivity contribution is 8.26. The van der Waals surface area contributed by atoms with Gasteiger partial charge in [0.05, 0.1) is 4.91 Å². The topological polar surface area (TPSA) is 63.9 Å². The summed E-state index contributed by atoms with van der Waals surface area (Å²) in [6.07, 6.45) is 3.12. The molecule has 1 fully saturated rings. The summed E-state index contributed by atoms with van der Waals surface area (Å²) < 4.78 is 7.77. The van der Waals surface area contributed by atoms with Crippen LogP contribution in [0.25, 0.3) is 11.7 Å². The predicted octanol–water partition coefficient (Wildman–Crippen LogP) is 4.75. The van der Waals surface area contributed by atoms with Gasteiger partial charge in [0.15, 0.2) is 0 Å². The molecule has 3 aromatic rings. The third kappa shape index (κ3) is 3.86. The molecule has 3 heterocycles.